The minimum Gasteiger partial charge on any atom is -0.351 e. The Bertz CT molecular complexity index is 823. The third-order valence-electron chi connectivity index (χ3n) is 3.79. The van der Waals surface area contributed by atoms with E-state index in [2.05, 4.69) is 10.0 Å². The van der Waals surface area contributed by atoms with Crippen LogP contribution < -0.4 is 10.0 Å². The van der Waals surface area contributed by atoms with Crippen molar-refractivity contribution in [2.24, 2.45) is 5.92 Å². The van der Waals surface area contributed by atoms with Crippen LogP contribution in [0.25, 0.3) is 0 Å². The van der Waals surface area contributed by atoms with Gasteiger partial charge in [0.1, 0.15) is 0 Å². The van der Waals surface area contributed by atoms with E-state index in [1.807, 2.05) is 13.8 Å². The number of hydrogen-bond acceptors (Lipinski definition) is 7. The quantitative estimate of drug-likeness (QED) is 0.571. The predicted molar refractivity (Wildman–Crippen MR) is 98.1 cm³/mol. The molecule has 1 aliphatic heterocycles. The summed E-state index contributed by atoms with van der Waals surface area (Å²) in [6.07, 6.45) is 1.11. The van der Waals surface area contributed by atoms with E-state index in [1.165, 1.54) is 23.9 Å². The van der Waals surface area contributed by atoms with Crippen LogP contribution in [-0.2, 0) is 10.0 Å². The Morgan fingerprint density at radius 2 is 2.04 bits per heavy atom. The van der Waals surface area contributed by atoms with Crippen LogP contribution in [0.1, 0.15) is 20.8 Å². The fourth-order valence-corrected chi connectivity index (χ4v) is 4.70. The molecule has 0 fully saturated rings. The van der Waals surface area contributed by atoms with Gasteiger partial charge in [0.15, 0.2) is 5.79 Å². The lowest BCUT2D eigenvalue weighted by Gasteiger charge is -2.35. The summed E-state index contributed by atoms with van der Waals surface area (Å²) in [7, 11) is -1.66. The lowest BCUT2D eigenvalue weighted by Crippen LogP contribution is -2.61. The zero-order chi connectivity index (χ0) is 19.0. The molecule has 0 amide bonds. The second kappa shape index (κ2) is 6.85. The molecule has 1 atom stereocenters. The van der Waals surface area contributed by atoms with Crippen molar-refractivity contribution >= 4 is 27.5 Å². The summed E-state index contributed by atoms with van der Waals surface area (Å²) in [5.74, 6) is -0.886. The lowest BCUT2D eigenvalue weighted by atomic mass is 10.1. The number of non-ortho nitro benzene ring substituents is 1. The van der Waals surface area contributed by atoms with Gasteiger partial charge in [-0.05, 0) is 18.9 Å². The van der Waals surface area contributed by atoms with Gasteiger partial charge in [-0.15, -0.1) is 0 Å². The summed E-state index contributed by atoms with van der Waals surface area (Å²) >= 11 is 1.36. The number of benzene rings is 1. The van der Waals surface area contributed by atoms with Crippen molar-refractivity contribution in [2.75, 3.05) is 13.3 Å². The van der Waals surface area contributed by atoms with Gasteiger partial charge in [0.2, 0.25) is 10.0 Å². The summed E-state index contributed by atoms with van der Waals surface area (Å²) in [5.41, 5.74) is 0.889. The standard InChI is InChI=1S/C15H22N4O4S2/c1-10(2)13-14(18(4)15(3,16-13)17-25(5,22)23)24-12-8-6-7-11(9-12)19(20)21/h6-10,16-17H,1-5H3. The van der Waals surface area contributed by atoms with Gasteiger partial charge < -0.3 is 10.2 Å². The Labute approximate surface area is 151 Å². The largest absolute Gasteiger partial charge is 0.351 e. The molecule has 2 rings (SSSR count). The summed E-state index contributed by atoms with van der Waals surface area (Å²) in [6.45, 7) is 5.73. The smallest absolute Gasteiger partial charge is 0.270 e. The first-order valence-electron chi connectivity index (χ1n) is 7.60. The number of nitro benzene ring substituents is 1. The Morgan fingerprint density at radius 3 is 2.56 bits per heavy atom. The van der Waals surface area contributed by atoms with E-state index in [9.17, 15) is 18.5 Å². The maximum Gasteiger partial charge on any atom is 0.270 e. The van der Waals surface area contributed by atoms with Crippen LogP contribution in [0.5, 0.6) is 0 Å². The predicted octanol–water partition coefficient (Wildman–Crippen LogP) is 2.27. The second-order valence-corrected chi connectivity index (χ2v) is 9.17. The highest BCUT2D eigenvalue weighted by Crippen LogP contribution is 2.40. The number of nitrogens with zero attached hydrogens (tertiary/aromatic N) is 2. The molecule has 10 heteroatoms. The van der Waals surface area contributed by atoms with Gasteiger partial charge >= 0.3 is 0 Å². The van der Waals surface area contributed by atoms with Gasteiger partial charge in [0, 0.05) is 29.8 Å². The Kier molecular flexibility index (Phi) is 5.35. The normalized spacial score (nSPS) is 21.0. The highest BCUT2D eigenvalue weighted by Gasteiger charge is 2.42. The third kappa shape index (κ3) is 4.44. The number of thioether (sulfide) groups is 1. The topological polar surface area (TPSA) is 105 Å². The van der Waals surface area contributed by atoms with Gasteiger partial charge in [-0.1, -0.05) is 31.7 Å². The maximum atomic E-state index is 11.7. The summed E-state index contributed by atoms with van der Waals surface area (Å²) in [5, 5.41) is 15.0. The van der Waals surface area contributed by atoms with Crippen LogP contribution in [0.15, 0.2) is 39.9 Å². The molecule has 2 N–H and O–H groups in total. The van der Waals surface area contributed by atoms with Crippen LogP contribution in [-0.4, -0.2) is 37.3 Å². The molecule has 0 aliphatic carbocycles. The van der Waals surface area contributed by atoms with Crippen LogP contribution in [0.4, 0.5) is 5.69 Å². The van der Waals surface area contributed by atoms with Gasteiger partial charge in [0.05, 0.1) is 16.2 Å². The van der Waals surface area contributed by atoms with Crippen LogP contribution in [0, 0.1) is 16.0 Å². The highest BCUT2D eigenvalue weighted by atomic mass is 32.2. The third-order valence-corrected chi connectivity index (χ3v) is 5.73. The van der Waals surface area contributed by atoms with Gasteiger partial charge in [0.25, 0.3) is 5.69 Å². The van der Waals surface area contributed by atoms with E-state index >= 15 is 0 Å². The van der Waals surface area contributed by atoms with E-state index in [0.717, 1.165) is 17.0 Å². The summed E-state index contributed by atoms with van der Waals surface area (Å²) in [4.78, 5) is 13.0. The second-order valence-electron chi connectivity index (χ2n) is 6.36. The van der Waals surface area contributed by atoms with Crippen molar-refractivity contribution < 1.29 is 13.3 Å². The van der Waals surface area contributed by atoms with Crippen LogP contribution in [0.3, 0.4) is 0 Å². The Balaban J connectivity index is 2.38. The molecule has 0 saturated heterocycles. The Hall–Kier alpha value is -1.78. The molecular weight excluding hydrogens is 364 g/mol. The summed E-state index contributed by atoms with van der Waals surface area (Å²) in [6, 6.07) is 6.36. The first-order chi connectivity index (χ1) is 11.4. The fraction of sp³-hybridized carbons (Fsp3) is 0.467. The van der Waals surface area contributed by atoms with Crippen molar-refractivity contribution in [1.82, 2.24) is 14.9 Å². The van der Waals surface area contributed by atoms with Gasteiger partial charge in [-0.3, -0.25) is 10.1 Å². The summed E-state index contributed by atoms with van der Waals surface area (Å²) < 4.78 is 26.0. The van der Waals surface area contributed by atoms with E-state index < -0.39 is 20.7 Å². The molecule has 1 aromatic rings. The van der Waals surface area contributed by atoms with Crippen molar-refractivity contribution in [3.05, 3.63) is 45.1 Å². The molecule has 0 bridgehead atoms. The number of nitro groups is 1. The van der Waals surface area contributed by atoms with Gasteiger partial charge in [-0.2, -0.15) is 4.72 Å². The number of allylic oxidation sites excluding steroid dienone is 1. The average molecular weight is 386 g/mol. The molecule has 0 radical (unpaired) electrons. The minimum atomic E-state index is -3.44. The maximum absolute atomic E-state index is 11.7. The fourth-order valence-electron chi connectivity index (χ4n) is 2.53. The highest BCUT2D eigenvalue weighted by molar-refractivity contribution is 8.03. The first-order valence-corrected chi connectivity index (χ1v) is 10.3. The van der Waals surface area contributed by atoms with E-state index in [1.54, 1.807) is 31.0 Å². The molecule has 0 spiro atoms. The monoisotopic (exact) mass is 386 g/mol. The van der Waals surface area contributed by atoms with E-state index in [0.29, 0.717) is 4.90 Å². The molecule has 138 valence electrons. The molecule has 0 aromatic heterocycles. The number of sulfonamides is 1. The number of nitrogens with one attached hydrogen (secondary N) is 2. The van der Waals surface area contributed by atoms with E-state index in [-0.39, 0.29) is 11.6 Å². The molecule has 1 aliphatic rings. The molecule has 1 unspecified atom stereocenters. The van der Waals surface area contributed by atoms with Crippen molar-refractivity contribution in [3.63, 3.8) is 0 Å². The Morgan fingerprint density at radius 1 is 1.40 bits per heavy atom. The molecular formula is C15H22N4O4S2. The van der Waals surface area contributed by atoms with Crippen molar-refractivity contribution in [2.45, 2.75) is 31.5 Å². The SMILES string of the molecule is CC(C)C1=C(Sc2cccc([N+](=O)[O-])c2)N(C)C(C)(NS(C)(=O)=O)N1. The average Bonchev–Trinajstić information content (AvgIpc) is 2.70. The first kappa shape index (κ1) is 19.5. The zero-order valence-corrected chi connectivity index (χ0v) is 16.4. The molecule has 1 heterocycles. The van der Waals surface area contributed by atoms with Gasteiger partial charge in [-0.25, -0.2) is 8.42 Å². The zero-order valence-electron chi connectivity index (χ0n) is 14.7. The minimum absolute atomic E-state index is 0.0160. The number of rotatable bonds is 6. The van der Waals surface area contributed by atoms with Crippen LogP contribution in [0.2, 0.25) is 0 Å². The molecule has 8 nitrogen and oxygen atoms in total. The van der Waals surface area contributed by atoms with Crippen LogP contribution >= 0.6 is 11.8 Å². The molecule has 0 saturated carbocycles. The molecule has 25 heavy (non-hydrogen) atoms. The molecule has 1 aromatic carbocycles. The lowest BCUT2D eigenvalue weighted by molar-refractivity contribution is -0.385. The van der Waals surface area contributed by atoms with Crippen molar-refractivity contribution in [3.8, 4) is 0 Å². The number of hydrogen-bond donors (Lipinski definition) is 2. The van der Waals surface area contributed by atoms with Crippen molar-refractivity contribution in [1.29, 1.82) is 0 Å². The van der Waals surface area contributed by atoms with E-state index in [4.69, 9.17) is 0 Å².